The normalized spacial score (nSPS) is 14.6. The zero-order valence-corrected chi connectivity index (χ0v) is 10.6. The number of aliphatic hydroxyl groups is 2. The van der Waals surface area contributed by atoms with Crippen LogP contribution in [0.4, 0.5) is 0 Å². The van der Waals surface area contributed by atoms with E-state index >= 15 is 0 Å². The summed E-state index contributed by atoms with van der Waals surface area (Å²) < 4.78 is 0. The van der Waals surface area contributed by atoms with E-state index in [0.29, 0.717) is 12.8 Å². The van der Waals surface area contributed by atoms with E-state index in [4.69, 9.17) is 0 Å². The molecule has 1 aromatic carbocycles. The minimum Gasteiger partial charge on any atom is -0.391 e. The first-order chi connectivity index (χ1) is 8.63. The summed E-state index contributed by atoms with van der Waals surface area (Å²) in [6.07, 6.45) is 5.16. The maximum absolute atomic E-state index is 10.1. The van der Waals surface area contributed by atoms with Crippen molar-refractivity contribution in [3.8, 4) is 0 Å². The standard InChI is InChI=1S/C15H20O3/c1-12(17)15(18)11-14-8-6-13(7-9-14)5-3-2-4-10-16/h3,5-10,12,15,17-18H,2,4,11H2,1H3. The zero-order valence-electron chi connectivity index (χ0n) is 10.6. The Hall–Kier alpha value is -1.45. The minimum absolute atomic E-state index is 0.451. The topological polar surface area (TPSA) is 57.5 Å². The predicted octanol–water partition coefficient (Wildman–Crippen LogP) is 1.96. The van der Waals surface area contributed by atoms with E-state index in [1.54, 1.807) is 6.92 Å². The van der Waals surface area contributed by atoms with E-state index in [1.807, 2.05) is 36.4 Å². The van der Waals surface area contributed by atoms with E-state index in [9.17, 15) is 15.0 Å². The van der Waals surface area contributed by atoms with Gasteiger partial charge in [0.25, 0.3) is 0 Å². The van der Waals surface area contributed by atoms with Gasteiger partial charge in [-0.3, -0.25) is 0 Å². The van der Waals surface area contributed by atoms with Crippen molar-refractivity contribution < 1.29 is 15.0 Å². The number of carbonyl (C=O) groups is 1. The van der Waals surface area contributed by atoms with Crippen LogP contribution >= 0.6 is 0 Å². The van der Waals surface area contributed by atoms with Crippen molar-refractivity contribution in [2.75, 3.05) is 0 Å². The summed E-state index contributed by atoms with van der Waals surface area (Å²) in [7, 11) is 0. The first kappa shape index (κ1) is 14.6. The molecule has 2 N–H and O–H groups in total. The van der Waals surface area contributed by atoms with Crippen LogP contribution in [-0.4, -0.2) is 28.7 Å². The van der Waals surface area contributed by atoms with Gasteiger partial charge in [0.1, 0.15) is 6.29 Å². The van der Waals surface area contributed by atoms with Crippen molar-refractivity contribution in [2.24, 2.45) is 0 Å². The van der Waals surface area contributed by atoms with Gasteiger partial charge in [-0.15, -0.1) is 0 Å². The molecule has 0 heterocycles. The number of carbonyl (C=O) groups excluding carboxylic acids is 1. The van der Waals surface area contributed by atoms with Gasteiger partial charge >= 0.3 is 0 Å². The number of aldehydes is 1. The van der Waals surface area contributed by atoms with E-state index in [0.717, 1.165) is 23.8 Å². The molecule has 2 atom stereocenters. The van der Waals surface area contributed by atoms with Crippen molar-refractivity contribution >= 4 is 12.4 Å². The number of unbranched alkanes of at least 4 members (excludes halogenated alkanes) is 1. The second-order valence-corrected chi connectivity index (χ2v) is 4.40. The minimum atomic E-state index is -0.723. The van der Waals surface area contributed by atoms with Crippen LogP contribution in [0.25, 0.3) is 6.08 Å². The molecule has 2 unspecified atom stereocenters. The maximum Gasteiger partial charge on any atom is 0.120 e. The van der Waals surface area contributed by atoms with Gasteiger partial charge in [-0.1, -0.05) is 36.4 Å². The molecule has 0 spiro atoms. The number of benzene rings is 1. The Kier molecular flexibility index (Phi) is 6.33. The highest BCUT2D eigenvalue weighted by molar-refractivity contribution is 5.52. The molecular weight excluding hydrogens is 228 g/mol. The summed E-state index contributed by atoms with van der Waals surface area (Å²) in [5.74, 6) is 0. The van der Waals surface area contributed by atoms with Crippen LogP contribution in [0.3, 0.4) is 0 Å². The first-order valence-corrected chi connectivity index (χ1v) is 6.18. The quantitative estimate of drug-likeness (QED) is 0.573. The van der Waals surface area contributed by atoms with E-state index < -0.39 is 12.2 Å². The Labute approximate surface area is 108 Å². The third kappa shape index (κ3) is 5.25. The molecule has 1 aromatic rings. The van der Waals surface area contributed by atoms with E-state index in [2.05, 4.69) is 0 Å². The van der Waals surface area contributed by atoms with Crippen LogP contribution in [0.5, 0.6) is 0 Å². The van der Waals surface area contributed by atoms with Crippen LogP contribution in [0.15, 0.2) is 30.3 Å². The number of rotatable bonds is 7. The van der Waals surface area contributed by atoms with Gasteiger partial charge in [-0.05, 0) is 24.5 Å². The van der Waals surface area contributed by atoms with Crippen molar-refractivity contribution in [1.29, 1.82) is 0 Å². The third-order valence-electron chi connectivity index (χ3n) is 2.74. The van der Waals surface area contributed by atoms with Gasteiger partial charge in [0.15, 0.2) is 0 Å². The average Bonchev–Trinajstić information content (AvgIpc) is 2.36. The highest BCUT2D eigenvalue weighted by Crippen LogP contribution is 2.10. The number of hydrogen-bond donors (Lipinski definition) is 2. The molecule has 0 saturated carbocycles. The van der Waals surface area contributed by atoms with E-state index in [-0.39, 0.29) is 0 Å². The van der Waals surface area contributed by atoms with Crippen LogP contribution in [0, 0.1) is 0 Å². The number of aliphatic hydroxyl groups excluding tert-OH is 2. The van der Waals surface area contributed by atoms with Gasteiger partial charge in [0.05, 0.1) is 12.2 Å². The molecular formula is C15H20O3. The summed E-state index contributed by atoms with van der Waals surface area (Å²) in [5, 5.41) is 18.8. The van der Waals surface area contributed by atoms with Crippen molar-refractivity contribution in [3.63, 3.8) is 0 Å². The van der Waals surface area contributed by atoms with Crippen LogP contribution < -0.4 is 0 Å². The van der Waals surface area contributed by atoms with Crippen LogP contribution in [0.2, 0.25) is 0 Å². The molecule has 0 aliphatic carbocycles. The molecule has 0 aliphatic rings. The second-order valence-electron chi connectivity index (χ2n) is 4.40. The second kappa shape index (κ2) is 7.80. The molecule has 3 nitrogen and oxygen atoms in total. The molecule has 3 heteroatoms. The van der Waals surface area contributed by atoms with Crippen molar-refractivity contribution in [2.45, 2.75) is 38.4 Å². The summed E-state index contributed by atoms with van der Waals surface area (Å²) >= 11 is 0. The summed E-state index contributed by atoms with van der Waals surface area (Å²) in [6.45, 7) is 1.58. The van der Waals surface area contributed by atoms with Gasteiger partial charge in [0, 0.05) is 12.8 Å². The predicted molar refractivity (Wildman–Crippen MR) is 72.2 cm³/mol. The Morgan fingerprint density at radius 3 is 2.39 bits per heavy atom. The molecule has 98 valence electrons. The molecule has 0 aliphatic heterocycles. The lowest BCUT2D eigenvalue weighted by Crippen LogP contribution is -2.24. The number of allylic oxidation sites excluding steroid dienone is 1. The summed E-state index contributed by atoms with van der Waals surface area (Å²) in [5.41, 5.74) is 2.06. The highest BCUT2D eigenvalue weighted by atomic mass is 16.3. The summed E-state index contributed by atoms with van der Waals surface area (Å²) in [4.78, 5) is 10.1. The molecule has 1 rings (SSSR count). The molecule has 0 bridgehead atoms. The molecule has 0 radical (unpaired) electrons. The monoisotopic (exact) mass is 248 g/mol. The van der Waals surface area contributed by atoms with Crippen molar-refractivity contribution in [1.82, 2.24) is 0 Å². The van der Waals surface area contributed by atoms with Crippen molar-refractivity contribution in [3.05, 3.63) is 41.5 Å². The highest BCUT2D eigenvalue weighted by Gasteiger charge is 2.10. The lowest BCUT2D eigenvalue weighted by atomic mass is 10.0. The Morgan fingerprint density at radius 2 is 1.83 bits per heavy atom. The number of hydrogen-bond acceptors (Lipinski definition) is 3. The van der Waals surface area contributed by atoms with Gasteiger partial charge in [-0.2, -0.15) is 0 Å². The largest absolute Gasteiger partial charge is 0.391 e. The zero-order chi connectivity index (χ0) is 13.4. The smallest absolute Gasteiger partial charge is 0.120 e. The SMILES string of the molecule is CC(O)C(O)Cc1ccc(C=CCCC=O)cc1. The third-order valence-corrected chi connectivity index (χ3v) is 2.74. The first-order valence-electron chi connectivity index (χ1n) is 6.18. The molecule has 0 amide bonds. The molecule has 0 fully saturated rings. The fourth-order valence-corrected chi connectivity index (χ4v) is 1.56. The summed E-state index contributed by atoms with van der Waals surface area (Å²) in [6, 6.07) is 7.79. The Balaban J connectivity index is 2.52. The lowest BCUT2D eigenvalue weighted by molar-refractivity contribution is -0.107. The molecule has 0 saturated heterocycles. The Bertz CT molecular complexity index is 379. The van der Waals surface area contributed by atoms with Crippen LogP contribution in [-0.2, 0) is 11.2 Å². The van der Waals surface area contributed by atoms with Gasteiger partial charge in [-0.25, -0.2) is 0 Å². The average molecular weight is 248 g/mol. The van der Waals surface area contributed by atoms with Crippen LogP contribution in [0.1, 0.15) is 30.9 Å². The lowest BCUT2D eigenvalue weighted by Gasteiger charge is -2.13. The Morgan fingerprint density at radius 1 is 1.17 bits per heavy atom. The molecule has 0 aromatic heterocycles. The van der Waals surface area contributed by atoms with Gasteiger partial charge < -0.3 is 15.0 Å². The fraction of sp³-hybridized carbons (Fsp3) is 0.400. The maximum atomic E-state index is 10.1. The van der Waals surface area contributed by atoms with E-state index in [1.165, 1.54) is 0 Å². The fourth-order valence-electron chi connectivity index (χ4n) is 1.56. The van der Waals surface area contributed by atoms with Gasteiger partial charge in [0.2, 0.25) is 0 Å². The molecule has 18 heavy (non-hydrogen) atoms.